The second-order valence-electron chi connectivity index (χ2n) is 5.35. The molecule has 1 amide bonds. The lowest BCUT2D eigenvalue weighted by Crippen LogP contribution is -2.31. The van der Waals surface area contributed by atoms with Crippen LogP contribution in [0.5, 0.6) is 11.5 Å². The molecule has 0 heterocycles. The van der Waals surface area contributed by atoms with Crippen molar-refractivity contribution in [1.29, 1.82) is 0 Å². The second-order valence-corrected chi connectivity index (χ2v) is 5.35. The van der Waals surface area contributed by atoms with Gasteiger partial charge in [-0.25, -0.2) is 4.79 Å². The quantitative estimate of drug-likeness (QED) is 0.416. The molecule has 2 rings (SSSR count). The molecule has 9 nitrogen and oxygen atoms in total. The SMILES string of the molecule is COc1cc(C(=O)OCC(=O)N(C)c2ccccc2)c([N+](=O)[O-])cc1OC. The van der Waals surface area contributed by atoms with Gasteiger partial charge < -0.3 is 19.1 Å². The maximum Gasteiger partial charge on any atom is 0.345 e. The number of nitrogens with zero attached hydrogens (tertiary/aromatic N) is 2. The van der Waals surface area contributed by atoms with Crippen molar-refractivity contribution < 1.29 is 28.7 Å². The number of esters is 1. The molecule has 27 heavy (non-hydrogen) atoms. The zero-order chi connectivity index (χ0) is 20.0. The van der Waals surface area contributed by atoms with Gasteiger partial charge in [0.15, 0.2) is 18.1 Å². The van der Waals surface area contributed by atoms with Crippen molar-refractivity contribution in [2.24, 2.45) is 0 Å². The van der Waals surface area contributed by atoms with Gasteiger partial charge in [0.25, 0.3) is 11.6 Å². The van der Waals surface area contributed by atoms with Crippen molar-refractivity contribution >= 4 is 23.3 Å². The maximum absolute atomic E-state index is 12.3. The molecular weight excluding hydrogens is 356 g/mol. The van der Waals surface area contributed by atoms with Gasteiger partial charge in [-0.1, -0.05) is 18.2 Å². The van der Waals surface area contributed by atoms with Crippen LogP contribution >= 0.6 is 0 Å². The van der Waals surface area contributed by atoms with Crippen LogP contribution < -0.4 is 14.4 Å². The number of rotatable bonds is 7. The number of anilines is 1. The van der Waals surface area contributed by atoms with E-state index in [4.69, 9.17) is 14.2 Å². The Morgan fingerprint density at radius 1 is 1.07 bits per heavy atom. The zero-order valence-corrected chi connectivity index (χ0v) is 15.0. The number of nitro groups is 1. The number of carbonyl (C=O) groups excluding carboxylic acids is 2. The topological polar surface area (TPSA) is 108 Å². The highest BCUT2D eigenvalue weighted by Gasteiger charge is 2.26. The number of likely N-dealkylation sites (N-methyl/N-ethyl adjacent to an activating group) is 1. The Morgan fingerprint density at radius 3 is 2.22 bits per heavy atom. The normalized spacial score (nSPS) is 10.0. The van der Waals surface area contributed by atoms with E-state index in [1.165, 1.54) is 26.2 Å². The van der Waals surface area contributed by atoms with Crippen LogP contribution in [0.2, 0.25) is 0 Å². The molecule has 0 aromatic heterocycles. The van der Waals surface area contributed by atoms with Crippen molar-refractivity contribution in [3.63, 3.8) is 0 Å². The Morgan fingerprint density at radius 2 is 1.67 bits per heavy atom. The van der Waals surface area contributed by atoms with Crippen LogP contribution in [0, 0.1) is 10.1 Å². The summed E-state index contributed by atoms with van der Waals surface area (Å²) in [5, 5.41) is 11.3. The number of benzene rings is 2. The fraction of sp³-hybridized carbons (Fsp3) is 0.222. The highest BCUT2D eigenvalue weighted by atomic mass is 16.6. The highest BCUT2D eigenvalue weighted by molar-refractivity contribution is 5.98. The van der Waals surface area contributed by atoms with Crippen LogP contribution in [0.25, 0.3) is 0 Å². The van der Waals surface area contributed by atoms with E-state index in [-0.39, 0.29) is 17.1 Å². The van der Waals surface area contributed by atoms with Crippen molar-refractivity contribution in [3.05, 3.63) is 58.1 Å². The number of para-hydroxylation sites is 1. The number of hydrogen-bond donors (Lipinski definition) is 0. The van der Waals surface area contributed by atoms with Crippen molar-refractivity contribution in [1.82, 2.24) is 0 Å². The van der Waals surface area contributed by atoms with Gasteiger partial charge in [-0.2, -0.15) is 0 Å². The molecular formula is C18H18N2O7. The van der Waals surface area contributed by atoms with Crippen LogP contribution in [0.4, 0.5) is 11.4 Å². The molecule has 0 saturated heterocycles. The molecule has 0 aliphatic rings. The molecule has 0 bridgehead atoms. The lowest BCUT2D eigenvalue weighted by molar-refractivity contribution is -0.385. The van der Waals surface area contributed by atoms with E-state index in [1.807, 2.05) is 0 Å². The molecule has 2 aromatic rings. The summed E-state index contributed by atoms with van der Waals surface area (Å²) in [7, 11) is 4.18. The number of methoxy groups -OCH3 is 2. The first-order chi connectivity index (χ1) is 12.9. The Kier molecular flexibility index (Phi) is 6.32. The van der Waals surface area contributed by atoms with Crippen LogP contribution in [-0.4, -0.2) is 44.7 Å². The van der Waals surface area contributed by atoms with Crippen LogP contribution in [0.15, 0.2) is 42.5 Å². The minimum absolute atomic E-state index is 0.0978. The molecule has 0 saturated carbocycles. The van der Waals surface area contributed by atoms with Crippen molar-refractivity contribution in [2.75, 3.05) is 32.8 Å². The average molecular weight is 374 g/mol. The average Bonchev–Trinajstić information content (AvgIpc) is 2.70. The van der Waals surface area contributed by atoms with Crippen LogP contribution in [0.1, 0.15) is 10.4 Å². The number of ether oxygens (including phenoxy) is 3. The molecule has 0 fully saturated rings. The second kappa shape index (κ2) is 8.65. The Balaban J connectivity index is 2.17. The van der Waals surface area contributed by atoms with E-state index in [0.29, 0.717) is 5.69 Å². The summed E-state index contributed by atoms with van der Waals surface area (Å²) in [6.45, 7) is -0.574. The summed E-state index contributed by atoms with van der Waals surface area (Å²) >= 11 is 0. The van der Waals surface area contributed by atoms with E-state index in [2.05, 4.69) is 0 Å². The zero-order valence-electron chi connectivity index (χ0n) is 15.0. The van der Waals surface area contributed by atoms with Gasteiger partial charge in [0.2, 0.25) is 0 Å². The third-order valence-electron chi connectivity index (χ3n) is 3.76. The summed E-state index contributed by atoms with van der Waals surface area (Å²) < 4.78 is 15.0. The maximum atomic E-state index is 12.3. The van der Waals surface area contributed by atoms with Gasteiger partial charge in [0, 0.05) is 18.8 Å². The van der Waals surface area contributed by atoms with Gasteiger partial charge >= 0.3 is 5.97 Å². The number of hydrogen-bond acceptors (Lipinski definition) is 7. The number of carbonyl (C=O) groups is 2. The largest absolute Gasteiger partial charge is 0.493 e. The molecule has 0 aliphatic carbocycles. The standard InChI is InChI=1S/C18H18N2O7/c1-19(12-7-5-4-6-8-12)17(21)11-27-18(22)13-9-15(25-2)16(26-3)10-14(13)20(23)24/h4-10H,11H2,1-3H3. The van der Waals surface area contributed by atoms with E-state index in [0.717, 1.165) is 12.1 Å². The molecule has 0 spiro atoms. The minimum Gasteiger partial charge on any atom is -0.493 e. The third kappa shape index (κ3) is 4.51. The van der Waals surface area contributed by atoms with E-state index >= 15 is 0 Å². The highest BCUT2D eigenvalue weighted by Crippen LogP contribution is 2.34. The summed E-state index contributed by atoms with van der Waals surface area (Å²) in [4.78, 5) is 36.3. The van der Waals surface area contributed by atoms with E-state index < -0.39 is 29.1 Å². The predicted molar refractivity (Wildman–Crippen MR) is 96.3 cm³/mol. The molecule has 0 unspecified atom stereocenters. The Labute approximate surface area is 155 Å². The van der Waals surface area contributed by atoms with Gasteiger partial charge in [0.1, 0.15) is 5.56 Å². The molecule has 2 aromatic carbocycles. The van der Waals surface area contributed by atoms with E-state index in [9.17, 15) is 19.7 Å². The lowest BCUT2D eigenvalue weighted by Gasteiger charge is -2.17. The molecule has 142 valence electrons. The first-order valence-electron chi connectivity index (χ1n) is 7.78. The molecule has 0 aliphatic heterocycles. The van der Waals surface area contributed by atoms with Gasteiger partial charge in [-0.3, -0.25) is 14.9 Å². The van der Waals surface area contributed by atoms with E-state index in [1.54, 1.807) is 30.3 Å². The summed E-state index contributed by atoms with van der Waals surface area (Å²) in [6, 6.07) is 11.0. The molecule has 9 heteroatoms. The summed E-state index contributed by atoms with van der Waals surface area (Å²) in [6.07, 6.45) is 0. The lowest BCUT2D eigenvalue weighted by atomic mass is 10.1. The van der Waals surface area contributed by atoms with Gasteiger partial charge in [-0.15, -0.1) is 0 Å². The van der Waals surface area contributed by atoms with Crippen molar-refractivity contribution in [3.8, 4) is 11.5 Å². The Bertz CT molecular complexity index is 852. The van der Waals surface area contributed by atoms with Gasteiger partial charge in [0.05, 0.1) is 25.2 Å². The fourth-order valence-corrected chi connectivity index (χ4v) is 2.28. The van der Waals surface area contributed by atoms with Crippen LogP contribution in [-0.2, 0) is 9.53 Å². The molecule has 0 atom stereocenters. The first kappa shape index (κ1) is 19.7. The third-order valence-corrected chi connectivity index (χ3v) is 3.76. The minimum atomic E-state index is -1.02. The van der Waals surface area contributed by atoms with Gasteiger partial charge in [-0.05, 0) is 12.1 Å². The number of nitro benzene ring substituents is 1. The number of amides is 1. The molecule has 0 radical (unpaired) electrons. The Hall–Kier alpha value is -3.62. The molecule has 0 N–H and O–H groups in total. The van der Waals surface area contributed by atoms with Crippen LogP contribution in [0.3, 0.4) is 0 Å². The first-order valence-corrected chi connectivity index (χ1v) is 7.78. The smallest absolute Gasteiger partial charge is 0.345 e. The predicted octanol–water partition coefficient (Wildman–Crippen LogP) is 2.43. The van der Waals surface area contributed by atoms with Crippen molar-refractivity contribution in [2.45, 2.75) is 0 Å². The fourth-order valence-electron chi connectivity index (χ4n) is 2.28. The summed E-state index contributed by atoms with van der Waals surface area (Å²) in [5.74, 6) is -1.28. The summed E-state index contributed by atoms with van der Waals surface area (Å²) in [5.41, 5.74) is -0.232. The monoisotopic (exact) mass is 374 g/mol.